The summed E-state index contributed by atoms with van der Waals surface area (Å²) in [6, 6.07) is 1.15. The van der Waals surface area contributed by atoms with Crippen molar-refractivity contribution in [2.24, 2.45) is 5.73 Å². The maximum atomic E-state index is 8.36. The van der Waals surface area contributed by atoms with Crippen molar-refractivity contribution < 1.29 is 4.42 Å². The van der Waals surface area contributed by atoms with E-state index in [4.69, 9.17) is 27.0 Å². The van der Waals surface area contributed by atoms with Crippen LogP contribution in [0.1, 0.15) is 11.6 Å². The number of furan rings is 1. The lowest BCUT2D eigenvalue weighted by atomic mass is 10.2. The van der Waals surface area contributed by atoms with Crippen LogP contribution in [-0.4, -0.2) is 0 Å². The van der Waals surface area contributed by atoms with E-state index in [1.165, 1.54) is 12.5 Å². The third-order valence-corrected chi connectivity index (χ3v) is 1.42. The van der Waals surface area contributed by atoms with Gasteiger partial charge in [-0.25, -0.2) is 0 Å². The normalized spacial score (nSPS) is 12.5. The Morgan fingerprint density at radius 2 is 2.40 bits per heavy atom. The summed E-state index contributed by atoms with van der Waals surface area (Å²) in [7, 11) is 0. The third-order valence-electron chi connectivity index (χ3n) is 1.12. The molecule has 4 heteroatoms. The predicted octanol–water partition coefficient (Wildman–Crippen LogP) is 1.46. The van der Waals surface area contributed by atoms with E-state index >= 15 is 0 Å². The molecule has 1 aromatic rings. The van der Waals surface area contributed by atoms with Crippen LogP contribution < -0.4 is 5.73 Å². The maximum absolute atomic E-state index is 8.36. The zero-order valence-corrected chi connectivity index (χ0v) is 5.80. The van der Waals surface area contributed by atoms with Crippen molar-refractivity contribution >= 4 is 11.6 Å². The minimum absolute atomic E-state index is 0.397. The lowest BCUT2D eigenvalue weighted by molar-refractivity contribution is 0.563. The van der Waals surface area contributed by atoms with Crippen LogP contribution in [0.3, 0.4) is 0 Å². The van der Waals surface area contributed by atoms with E-state index in [2.05, 4.69) is 0 Å². The molecule has 1 aromatic heterocycles. The Bertz CT molecular complexity index is 263. The van der Waals surface area contributed by atoms with Gasteiger partial charge in [-0.1, -0.05) is 11.6 Å². The summed E-state index contributed by atoms with van der Waals surface area (Å²) in [5, 5.41) is 8.75. The van der Waals surface area contributed by atoms with E-state index in [1.54, 1.807) is 0 Å². The van der Waals surface area contributed by atoms with Gasteiger partial charge in [0.1, 0.15) is 12.3 Å². The van der Waals surface area contributed by atoms with Crippen molar-refractivity contribution in [2.45, 2.75) is 6.04 Å². The van der Waals surface area contributed by atoms with E-state index in [0.717, 1.165) is 0 Å². The van der Waals surface area contributed by atoms with Crippen molar-refractivity contribution in [1.29, 1.82) is 5.26 Å². The van der Waals surface area contributed by atoms with Crippen LogP contribution in [0.5, 0.6) is 0 Å². The molecule has 0 radical (unpaired) electrons. The topological polar surface area (TPSA) is 63.0 Å². The van der Waals surface area contributed by atoms with E-state index in [0.29, 0.717) is 10.6 Å². The van der Waals surface area contributed by atoms with Gasteiger partial charge in [-0.3, -0.25) is 0 Å². The molecule has 1 unspecified atom stereocenters. The molecule has 0 aliphatic rings. The molecule has 1 heterocycles. The molecule has 0 fully saturated rings. The van der Waals surface area contributed by atoms with Crippen LogP contribution in [0, 0.1) is 11.3 Å². The fraction of sp³-hybridized carbons (Fsp3) is 0.167. The Hall–Kier alpha value is -0.980. The monoisotopic (exact) mass is 156 g/mol. The van der Waals surface area contributed by atoms with Crippen LogP contribution >= 0.6 is 11.6 Å². The fourth-order valence-corrected chi connectivity index (χ4v) is 0.796. The first-order chi connectivity index (χ1) is 4.75. The molecule has 0 saturated carbocycles. The molecule has 1 atom stereocenters. The maximum Gasteiger partial charge on any atom is 0.123 e. The van der Waals surface area contributed by atoms with Crippen LogP contribution in [0.25, 0.3) is 0 Å². The molecule has 0 saturated heterocycles. The smallest absolute Gasteiger partial charge is 0.123 e. The van der Waals surface area contributed by atoms with Gasteiger partial charge in [0.15, 0.2) is 0 Å². The number of halogens is 1. The summed E-state index contributed by atoms with van der Waals surface area (Å²) < 4.78 is 4.71. The highest BCUT2D eigenvalue weighted by Gasteiger charge is 2.09. The van der Waals surface area contributed by atoms with Gasteiger partial charge >= 0.3 is 0 Å². The number of hydrogen-bond acceptors (Lipinski definition) is 3. The summed E-state index contributed by atoms with van der Waals surface area (Å²) in [6.45, 7) is 0. The standard InChI is InChI=1S/C6H5ClN2O/c7-5-3-10-2-4(5)6(9)1-8/h2-3,6H,9H2. The van der Waals surface area contributed by atoms with Crippen LogP contribution in [0.15, 0.2) is 16.9 Å². The molecule has 1 rings (SSSR count). The average Bonchev–Trinajstić information content (AvgIpc) is 2.34. The van der Waals surface area contributed by atoms with Gasteiger partial charge in [0, 0.05) is 5.56 Å². The van der Waals surface area contributed by atoms with Crippen molar-refractivity contribution in [3.05, 3.63) is 23.1 Å². The molecule has 0 bridgehead atoms. The Labute approximate surface area is 63.0 Å². The van der Waals surface area contributed by atoms with Crippen molar-refractivity contribution in [3.8, 4) is 6.07 Å². The summed E-state index contributed by atoms with van der Waals surface area (Å²) >= 11 is 5.59. The minimum atomic E-state index is -0.689. The highest BCUT2D eigenvalue weighted by molar-refractivity contribution is 6.31. The lowest BCUT2D eigenvalue weighted by Gasteiger charge is -1.95. The van der Waals surface area contributed by atoms with Gasteiger partial charge in [-0.15, -0.1) is 0 Å². The molecular weight excluding hydrogens is 152 g/mol. The van der Waals surface area contributed by atoms with Gasteiger partial charge in [0.2, 0.25) is 0 Å². The van der Waals surface area contributed by atoms with Gasteiger partial charge in [0.05, 0.1) is 17.4 Å². The highest BCUT2D eigenvalue weighted by Crippen LogP contribution is 2.21. The first kappa shape index (κ1) is 7.13. The molecule has 0 aliphatic heterocycles. The third kappa shape index (κ3) is 1.13. The summed E-state index contributed by atoms with van der Waals surface area (Å²) in [5.74, 6) is 0. The summed E-state index contributed by atoms with van der Waals surface area (Å²) in [6.07, 6.45) is 2.71. The quantitative estimate of drug-likeness (QED) is 0.670. The largest absolute Gasteiger partial charge is 0.471 e. The predicted molar refractivity (Wildman–Crippen MR) is 36.3 cm³/mol. The highest BCUT2D eigenvalue weighted by atomic mass is 35.5. The Morgan fingerprint density at radius 3 is 2.80 bits per heavy atom. The Kier molecular flexibility index (Phi) is 1.95. The summed E-state index contributed by atoms with van der Waals surface area (Å²) in [4.78, 5) is 0. The SMILES string of the molecule is N#CC(N)c1cocc1Cl. The second kappa shape index (κ2) is 2.74. The average molecular weight is 157 g/mol. The van der Waals surface area contributed by atoms with Crippen molar-refractivity contribution in [3.63, 3.8) is 0 Å². The second-order valence-corrected chi connectivity index (χ2v) is 2.19. The lowest BCUT2D eigenvalue weighted by Crippen LogP contribution is -2.05. The molecule has 0 aliphatic carbocycles. The van der Waals surface area contributed by atoms with Gasteiger partial charge < -0.3 is 10.2 Å². The molecule has 10 heavy (non-hydrogen) atoms. The zero-order chi connectivity index (χ0) is 7.56. The van der Waals surface area contributed by atoms with Crippen molar-refractivity contribution in [2.75, 3.05) is 0 Å². The van der Waals surface area contributed by atoms with Crippen molar-refractivity contribution in [1.82, 2.24) is 0 Å². The number of rotatable bonds is 1. The van der Waals surface area contributed by atoms with E-state index in [-0.39, 0.29) is 0 Å². The Balaban J connectivity index is 2.96. The number of nitrogens with zero attached hydrogens (tertiary/aromatic N) is 1. The molecule has 2 N–H and O–H groups in total. The number of hydrogen-bond donors (Lipinski definition) is 1. The fourth-order valence-electron chi connectivity index (χ4n) is 0.583. The molecule has 0 aromatic carbocycles. The molecule has 0 amide bonds. The number of nitrogens with two attached hydrogens (primary N) is 1. The zero-order valence-electron chi connectivity index (χ0n) is 5.04. The summed E-state index contributed by atoms with van der Waals surface area (Å²) in [5.41, 5.74) is 5.87. The van der Waals surface area contributed by atoms with Crippen LogP contribution in [0.2, 0.25) is 5.02 Å². The van der Waals surface area contributed by atoms with Gasteiger partial charge in [-0.05, 0) is 0 Å². The van der Waals surface area contributed by atoms with E-state index < -0.39 is 6.04 Å². The minimum Gasteiger partial charge on any atom is -0.471 e. The molecule has 0 spiro atoms. The van der Waals surface area contributed by atoms with Gasteiger partial charge in [-0.2, -0.15) is 5.26 Å². The van der Waals surface area contributed by atoms with E-state index in [9.17, 15) is 0 Å². The van der Waals surface area contributed by atoms with E-state index in [1.807, 2.05) is 6.07 Å². The molecule has 3 nitrogen and oxygen atoms in total. The molecule has 52 valence electrons. The first-order valence-electron chi connectivity index (χ1n) is 2.62. The number of nitriles is 1. The van der Waals surface area contributed by atoms with Crippen LogP contribution in [-0.2, 0) is 0 Å². The van der Waals surface area contributed by atoms with Crippen LogP contribution in [0.4, 0.5) is 0 Å². The molecular formula is C6H5ClN2O. The first-order valence-corrected chi connectivity index (χ1v) is 3.00. The Morgan fingerprint density at radius 1 is 1.70 bits per heavy atom. The van der Waals surface area contributed by atoms with Gasteiger partial charge in [0.25, 0.3) is 0 Å². The second-order valence-electron chi connectivity index (χ2n) is 1.78.